The molecule has 2 aromatic carbocycles. The van der Waals surface area contributed by atoms with Crippen LogP contribution in [0.2, 0.25) is 5.02 Å². The Labute approximate surface area is 140 Å². The molecule has 0 aliphatic carbocycles. The minimum absolute atomic E-state index is 0.180. The van der Waals surface area contributed by atoms with Gasteiger partial charge >= 0.3 is 6.18 Å². The van der Waals surface area contributed by atoms with Crippen molar-refractivity contribution in [2.45, 2.75) is 6.18 Å². The minimum Gasteiger partial charge on any atom is -0.322 e. The maximum Gasteiger partial charge on any atom is 0.417 e. The van der Waals surface area contributed by atoms with Crippen LogP contribution in [0, 0.1) is 0 Å². The molecule has 0 aliphatic heterocycles. The van der Waals surface area contributed by atoms with Crippen LogP contribution in [0.4, 0.5) is 18.9 Å². The first-order chi connectivity index (χ1) is 11.3. The number of halogens is 4. The molecule has 0 spiro atoms. The number of fused-ring (bicyclic) bond motifs is 1. The molecule has 122 valence electrons. The van der Waals surface area contributed by atoms with Gasteiger partial charge in [-0.25, -0.2) is 0 Å². The standard InChI is InChI=1S/C17H10ClF3N2O/c18-14-9-12(5-6-13(14)17(19,20)21)23-16(24)11-4-3-10-2-1-7-22-15(10)8-11/h1-9H,(H,23,24). The Hall–Kier alpha value is -2.60. The van der Waals surface area contributed by atoms with Gasteiger partial charge in [-0.1, -0.05) is 23.7 Å². The summed E-state index contributed by atoms with van der Waals surface area (Å²) in [6.45, 7) is 0. The van der Waals surface area contributed by atoms with E-state index in [1.165, 1.54) is 0 Å². The average Bonchev–Trinajstić information content (AvgIpc) is 2.53. The fraction of sp³-hybridized carbons (Fsp3) is 0.0588. The molecule has 0 unspecified atom stereocenters. The number of amides is 1. The smallest absolute Gasteiger partial charge is 0.322 e. The fourth-order valence-corrected chi connectivity index (χ4v) is 2.52. The van der Waals surface area contributed by atoms with Crippen molar-refractivity contribution >= 4 is 34.1 Å². The molecular formula is C17H10ClF3N2O. The summed E-state index contributed by atoms with van der Waals surface area (Å²) < 4.78 is 38.0. The van der Waals surface area contributed by atoms with E-state index in [1.54, 1.807) is 30.5 Å². The van der Waals surface area contributed by atoms with Gasteiger partial charge in [0, 0.05) is 22.8 Å². The Morgan fingerprint density at radius 1 is 1.08 bits per heavy atom. The van der Waals surface area contributed by atoms with Gasteiger partial charge in [-0.15, -0.1) is 0 Å². The topological polar surface area (TPSA) is 42.0 Å². The van der Waals surface area contributed by atoms with Crippen LogP contribution in [-0.4, -0.2) is 10.9 Å². The molecule has 0 bridgehead atoms. The van der Waals surface area contributed by atoms with Gasteiger partial charge in [0.25, 0.3) is 5.91 Å². The Balaban J connectivity index is 1.84. The summed E-state index contributed by atoms with van der Waals surface area (Å²) in [5.41, 5.74) is 0.226. The van der Waals surface area contributed by atoms with Crippen LogP contribution in [0.15, 0.2) is 54.7 Å². The number of carbonyl (C=O) groups excluding carboxylic acids is 1. The van der Waals surface area contributed by atoms with Crippen molar-refractivity contribution in [3.05, 3.63) is 70.9 Å². The monoisotopic (exact) mass is 350 g/mol. The Morgan fingerprint density at radius 2 is 1.88 bits per heavy atom. The number of benzene rings is 2. The predicted molar refractivity (Wildman–Crippen MR) is 86.2 cm³/mol. The largest absolute Gasteiger partial charge is 0.417 e. The molecular weight excluding hydrogens is 341 g/mol. The van der Waals surface area contributed by atoms with Gasteiger partial charge in [0.05, 0.1) is 16.1 Å². The van der Waals surface area contributed by atoms with Gasteiger partial charge in [0.15, 0.2) is 0 Å². The van der Waals surface area contributed by atoms with Crippen molar-refractivity contribution in [2.75, 3.05) is 5.32 Å². The van der Waals surface area contributed by atoms with Crippen molar-refractivity contribution < 1.29 is 18.0 Å². The van der Waals surface area contributed by atoms with E-state index in [9.17, 15) is 18.0 Å². The number of hydrogen-bond donors (Lipinski definition) is 1. The molecule has 1 heterocycles. The second-order valence-corrected chi connectivity index (χ2v) is 5.46. The van der Waals surface area contributed by atoms with E-state index in [1.807, 2.05) is 6.07 Å². The van der Waals surface area contributed by atoms with E-state index in [0.717, 1.165) is 23.6 Å². The zero-order valence-electron chi connectivity index (χ0n) is 12.1. The van der Waals surface area contributed by atoms with E-state index in [2.05, 4.69) is 10.3 Å². The van der Waals surface area contributed by atoms with E-state index in [-0.39, 0.29) is 5.69 Å². The summed E-state index contributed by atoms with van der Waals surface area (Å²) in [4.78, 5) is 16.4. The van der Waals surface area contributed by atoms with Crippen molar-refractivity contribution in [3.8, 4) is 0 Å². The zero-order valence-corrected chi connectivity index (χ0v) is 12.8. The summed E-state index contributed by atoms with van der Waals surface area (Å²) in [6, 6.07) is 11.7. The third-order valence-corrected chi connectivity index (χ3v) is 3.71. The lowest BCUT2D eigenvalue weighted by Gasteiger charge is -2.11. The molecule has 1 amide bonds. The van der Waals surface area contributed by atoms with Crippen molar-refractivity contribution in [1.29, 1.82) is 0 Å². The van der Waals surface area contributed by atoms with Gasteiger partial charge in [0.1, 0.15) is 0 Å². The highest BCUT2D eigenvalue weighted by Crippen LogP contribution is 2.35. The fourth-order valence-electron chi connectivity index (χ4n) is 2.23. The Morgan fingerprint density at radius 3 is 2.58 bits per heavy atom. The molecule has 7 heteroatoms. The number of aromatic nitrogens is 1. The molecule has 0 fully saturated rings. The first-order valence-electron chi connectivity index (χ1n) is 6.87. The average molecular weight is 351 g/mol. The molecule has 3 aromatic rings. The number of alkyl halides is 3. The molecule has 1 N–H and O–H groups in total. The summed E-state index contributed by atoms with van der Waals surface area (Å²) >= 11 is 5.64. The van der Waals surface area contributed by atoms with Crippen LogP contribution in [0.3, 0.4) is 0 Å². The van der Waals surface area contributed by atoms with E-state index >= 15 is 0 Å². The summed E-state index contributed by atoms with van der Waals surface area (Å²) in [5, 5.41) is 2.93. The number of anilines is 1. The zero-order chi connectivity index (χ0) is 17.3. The maximum atomic E-state index is 12.7. The molecule has 3 rings (SSSR count). The van der Waals surface area contributed by atoms with E-state index < -0.39 is 22.7 Å². The minimum atomic E-state index is -4.54. The quantitative estimate of drug-likeness (QED) is 0.693. The lowest BCUT2D eigenvalue weighted by atomic mass is 10.1. The van der Waals surface area contributed by atoms with Crippen molar-refractivity contribution in [1.82, 2.24) is 4.98 Å². The highest BCUT2D eigenvalue weighted by molar-refractivity contribution is 6.31. The number of pyridine rings is 1. The second kappa shape index (κ2) is 6.13. The number of carbonyl (C=O) groups is 1. The van der Waals surface area contributed by atoms with Crippen molar-refractivity contribution in [2.24, 2.45) is 0 Å². The third kappa shape index (κ3) is 3.33. The van der Waals surface area contributed by atoms with Crippen LogP contribution in [0.1, 0.15) is 15.9 Å². The number of hydrogen-bond acceptors (Lipinski definition) is 2. The molecule has 0 atom stereocenters. The van der Waals surface area contributed by atoms with Crippen molar-refractivity contribution in [3.63, 3.8) is 0 Å². The van der Waals surface area contributed by atoms with Gasteiger partial charge in [-0.05, 0) is 36.4 Å². The third-order valence-electron chi connectivity index (χ3n) is 3.40. The number of rotatable bonds is 2. The van der Waals surface area contributed by atoms with Crippen LogP contribution >= 0.6 is 11.6 Å². The first kappa shape index (κ1) is 16.3. The summed E-state index contributed by atoms with van der Waals surface area (Å²) in [5.74, 6) is -0.460. The van der Waals surface area contributed by atoms with Crippen LogP contribution in [-0.2, 0) is 6.18 Å². The highest BCUT2D eigenvalue weighted by atomic mass is 35.5. The molecule has 0 aliphatic rings. The SMILES string of the molecule is O=C(Nc1ccc(C(F)(F)F)c(Cl)c1)c1ccc2cccnc2c1. The maximum absolute atomic E-state index is 12.7. The molecule has 0 saturated carbocycles. The molecule has 0 saturated heterocycles. The molecule has 24 heavy (non-hydrogen) atoms. The number of nitrogens with one attached hydrogen (secondary N) is 1. The van der Waals surface area contributed by atoms with Gasteiger partial charge in [-0.3, -0.25) is 9.78 Å². The van der Waals surface area contributed by atoms with E-state index in [0.29, 0.717) is 11.1 Å². The van der Waals surface area contributed by atoms with Crippen LogP contribution < -0.4 is 5.32 Å². The van der Waals surface area contributed by atoms with Gasteiger partial charge in [-0.2, -0.15) is 13.2 Å². The Kier molecular flexibility index (Phi) is 4.15. The van der Waals surface area contributed by atoms with Crippen LogP contribution in [0.25, 0.3) is 10.9 Å². The van der Waals surface area contributed by atoms with E-state index in [4.69, 9.17) is 11.6 Å². The molecule has 1 aromatic heterocycles. The van der Waals surface area contributed by atoms with Crippen LogP contribution in [0.5, 0.6) is 0 Å². The predicted octanol–water partition coefficient (Wildman–Crippen LogP) is 5.16. The Bertz CT molecular complexity index is 925. The second-order valence-electron chi connectivity index (χ2n) is 5.06. The molecule has 3 nitrogen and oxygen atoms in total. The lowest BCUT2D eigenvalue weighted by molar-refractivity contribution is -0.137. The first-order valence-corrected chi connectivity index (χ1v) is 7.25. The molecule has 0 radical (unpaired) electrons. The summed E-state index contributed by atoms with van der Waals surface area (Å²) in [7, 11) is 0. The lowest BCUT2D eigenvalue weighted by Crippen LogP contribution is -2.12. The van der Waals surface area contributed by atoms with Gasteiger partial charge in [0.2, 0.25) is 0 Å². The highest BCUT2D eigenvalue weighted by Gasteiger charge is 2.33. The normalized spacial score (nSPS) is 11.5. The summed E-state index contributed by atoms with van der Waals surface area (Å²) in [6.07, 6.45) is -2.93. The number of nitrogens with zero attached hydrogens (tertiary/aromatic N) is 1. The van der Waals surface area contributed by atoms with Gasteiger partial charge < -0.3 is 5.32 Å².